The normalized spacial score (nSPS) is 16.7. The molecule has 0 aromatic heterocycles. The topological polar surface area (TPSA) is 68.3 Å². The van der Waals surface area contributed by atoms with Crippen LogP contribution in [0.15, 0.2) is 18.2 Å². The Morgan fingerprint density at radius 3 is 2.41 bits per heavy atom. The highest BCUT2D eigenvalue weighted by atomic mass is 16.6. The van der Waals surface area contributed by atoms with E-state index >= 15 is 0 Å². The molecule has 3 rings (SSSR count). The maximum absolute atomic E-state index is 12.5. The number of ether oxygens (including phenoxy) is 3. The Morgan fingerprint density at radius 2 is 1.74 bits per heavy atom. The zero-order valence-corrected chi connectivity index (χ0v) is 16.1. The van der Waals surface area contributed by atoms with Crippen molar-refractivity contribution >= 4 is 17.9 Å². The number of benzene rings is 1. The Bertz CT molecular complexity index is 719. The molecule has 2 amide bonds. The highest BCUT2D eigenvalue weighted by Crippen LogP contribution is 2.40. The minimum Gasteiger partial charge on any atom is -0.493 e. The van der Waals surface area contributed by atoms with Gasteiger partial charge in [-0.25, -0.2) is 0 Å². The molecule has 1 aromatic rings. The molecule has 7 nitrogen and oxygen atoms in total. The maximum atomic E-state index is 12.5. The molecule has 1 fully saturated rings. The summed E-state index contributed by atoms with van der Waals surface area (Å²) in [6.07, 6.45) is 3.29. The van der Waals surface area contributed by atoms with Crippen LogP contribution < -0.4 is 14.2 Å². The lowest BCUT2D eigenvalue weighted by atomic mass is 10.1. The van der Waals surface area contributed by atoms with E-state index in [9.17, 15) is 9.59 Å². The van der Waals surface area contributed by atoms with E-state index in [4.69, 9.17) is 14.2 Å². The third-order valence-electron chi connectivity index (χ3n) is 4.67. The molecule has 146 valence electrons. The molecule has 0 aliphatic carbocycles. The lowest BCUT2D eigenvalue weighted by Crippen LogP contribution is -2.51. The Kier molecular flexibility index (Phi) is 5.88. The molecule has 0 unspecified atom stereocenters. The first-order valence-corrected chi connectivity index (χ1v) is 9.23. The molecule has 2 aliphatic rings. The van der Waals surface area contributed by atoms with Crippen LogP contribution in [0.5, 0.6) is 17.2 Å². The maximum Gasteiger partial charge on any atom is 0.246 e. The number of carbonyl (C=O) groups is 2. The molecule has 0 atom stereocenters. The van der Waals surface area contributed by atoms with E-state index in [-0.39, 0.29) is 17.7 Å². The van der Waals surface area contributed by atoms with Gasteiger partial charge in [0.25, 0.3) is 0 Å². The van der Waals surface area contributed by atoms with Gasteiger partial charge in [0.2, 0.25) is 17.6 Å². The second-order valence-electron chi connectivity index (χ2n) is 6.89. The van der Waals surface area contributed by atoms with Gasteiger partial charge in [0.05, 0.1) is 7.11 Å². The summed E-state index contributed by atoms with van der Waals surface area (Å²) in [5.41, 5.74) is 0.804. The van der Waals surface area contributed by atoms with Gasteiger partial charge in [-0.05, 0) is 23.8 Å². The van der Waals surface area contributed by atoms with Crippen molar-refractivity contribution in [1.29, 1.82) is 0 Å². The van der Waals surface area contributed by atoms with E-state index in [0.29, 0.717) is 56.6 Å². The lowest BCUT2D eigenvalue weighted by molar-refractivity contribution is -0.139. The number of rotatable bonds is 4. The lowest BCUT2D eigenvalue weighted by Gasteiger charge is -2.35. The van der Waals surface area contributed by atoms with Gasteiger partial charge in [-0.2, -0.15) is 0 Å². The number of carbonyl (C=O) groups excluding carboxylic acids is 2. The number of nitrogens with zero attached hydrogens (tertiary/aromatic N) is 2. The van der Waals surface area contributed by atoms with Crippen molar-refractivity contribution in [1.82, 2.24) is 9.80 Å². The molecular weight excluding hydrogens is 348 g/mol. The van der Waals surface area contributed by atoms with Crippen LogP contribution in [0, 0.1) is 5.92 Å². The van der Waals surface area contributed by atoms with Crippen LogP contribution in [0.25, 0.3) is 6.08 Å². The number of fused-ring (bicyclic) bond motifs is 1. The first kappa shape index (κ1) is 19.1. The average molecular weight is 374 g/mol. The van der Waals surface area contributed by atoms with Crippen LogP contribution in [0.3, 0.4) is 0 Å². The summed E-state index contributed by atoms with van der Waals surface area (Å²) in [5, 5.41) is 0. The van der Waals surface area contributed by atoms with E-state index in [0.717, 1.165) is 5.56 Å². The summed E-state index contributed by atoms with van der Waals surface area (Å²) < 4.78 is 16.6. The fraction of sp³-hybridized carbons (Fsp3) is 0.500. The molecule has 2 aliphatic heterocycles. The standard InChI is InChI=1S/C20H26N2O5/c1-14(2)20(24)22-8-6-21(7-9-22)18(23)5-4-15-12-16(25-3)19-17(13-15)26-10-11-27-19/h4-5,12-14H,6-11H2,1-3H3/b5-4+. The average Bonchev–Trinajstić information content (AvgIpc) is 2.70. The van der Waals surface area contributed by atoms with Crippen molar-refractivity contribution in [3.8, 4) is 17.2 Å². The van der Waals surface area contributed by atoms with Gasteiger partial charge in [-0.1, -0.05) is 13.8 Å². The molecule has 0 radical (unpaired) electrons. The first-order chi connectivity index (χ1) is 13.0. The Morgan fingerprint density at radius 1 is 1.07 bits per heavy atom. The molecule has 1 aromatic carbocycles. The summed E-state index contributed by atoms with van der Waals surface area (Å²) in [6.45, 7) is 7.01. The van der Waals surface area contributed by atoms with Gasteiger partial charge in [-0.3, -0.25) is 9.59 Å². The molecule has 0 spiro atoms. The third kappa shape index (κ3) is 4.35. The molecular formula is C20H26N2O5. The summed E-state index contributed by atoms with van der Waals surface area (Å²) in [5.74, 6) is 1.85. The van der Waals surface area contributed by atoms with Gasteiger partial charge in [0, 0.05) is 38.2 Å². The van der Waals surface area contributed by atoms with Crippen LogP contribution >= 0.6 is 0 Å². The third-order valence-corrected chi connectivity index (χ3v) is 4.67. The zero-order valence-electron chi connectivity index (χ0n) is 16.1. The molecule has 0 saturated carbocycles. The fourth-order valence-electron chi connectivity index (χ4n) is 3.17. The summed E-state index contributed by atoms with van der Waals surface area (Å²) in [7, 11) is 1.57. The van der Waals surface area contributed by atoms with Crippen LogP contribution in [-0.2, 0) is 9.59 Å². The number of amides is 2. The first-order valence-electron chi connectivity index (χ1n) is 9.23. The van der Waals surface area contributed by atoms with E-state index in [1.54, 1.807) is 24.2 Å². The van der Waals surface area contributed by atoms with Gasteiger partial charge >= 0.3 is 0 Å². The van der Waals surface area contributed by atoms with Gasteiger partial charge in [0.15, 0.2) is 11.5 Å². The largest absolute Gasteiger partial charge is 0.493 e. The Hall–Kier alpha value is -2.70. The van der Waals surface area contributed by atoms with Crippen molar-refractivity contribution in [3.63, 3.8) is 0 Å². The summed E-state index contributed by atoms with van der Waals surface area (Å²) >= 11 is 0. The SMILES string of the molecule is COc1cc(/C=C/C(=O)N2CCN(C(=O)C(C)C)CC2)cc2c1OCCO2. The van der Waals surface area contributed by atoms with Crippen molar-refractivity contribution in [3.05, 3.63) is 23.8 Å². The summed E-state index contributed by atoms with van der Waals surface area (Å²) in [4.78, 5) is 28.1. The highest BCUT2D eigenvalue weighted by molar-refractivity contribution is 5.92. The second-order valence-corrected chi connectivity index (χ2v) is 6.89. The monoisotopic (exact) mass is 374 g/mol. The van der Waals surface area contributed by atoms with Crippen molar-refractivity contribution in [2.75, 3.05) is 46.5 Å². The van der Waals surface area contributed by atoms with E-state index in [1.165, 1.54) is 0 Å². The number of piperazine rings is 1. The fourth-order valence-corrected chi connectivity index (χ4v) is 3.17. The predicted octanol–water partition coefficient (Wildman–Crippen LogP) is 1.81. The molecule has 1 saturated heterocycles. The summed E-state index contributed by atoms with van der Waals surface area (Å²) in [6, 6.07) is 3.65. The zero-order chi connectivity index (χ0) is 19.4. The number of methoxy groups -OCH3 is 1. The molecule has 7 heteroatoms. The second kappa shape index (κ2) is 8.33. The van der Waals surface area contributed by atoms with Gasteiger partial charge in [0.1, 0.15) is 13.2 Å². The van der Waals surface area contributed by atoms with Crippen LogP contribution in [0.1, 0.15) is 19.4 Å². The van der Waals surface area contributed by atoms with Crippen LogP contribution in [0.2, 0.25) is 0 Å². The number of hydrogen-bond donors (Lipinski definition) is 0. The quantitative estimate of drug-likeness (QED) is 0.752. The van der Waals surface area contributed by atoms with E-state index < -0.39 is 0 Å². The number of hydrogen-bond acceptors (Lipinski definition) is 5. The minimum atomic E-state index is -0.0690. The van der Waals surface area contributed by atoms with Crippen molar-refractivity contribution < 1.29 is 23.8 Å². The van der Waals surface area contributed by atoms with Gasteiger partial charge in [-0.15, -0.1) is 0 Å². The Balaban J connectivity index is 1.63. The van der Waals surface area contributed by atoms with Crippen LogP contribution in [-0.4, -0.2) is 68.1 Å². The molecule has 2 heterocycles. The van der Waals surface area contributed by atoms with E-state index in [2.05, 4.69) is 0 Å². The van der Waals surface area contributed by atoms with Crippen molar-refractivity contribution in [2.24, 2.45) is 5.92 Å². The van der Waals surface area contributed by atoms with Crippen LogP contribution in [0.4, 0.5) is 0 Å². The molecule has 0 bridgehead atoms. The molecule has 27 heavy (non-hydrogen) atoms. The smallest absolute Gasteiger partial charge is 0.246 e. The minimum absolute atomic E-state index is 0.0164. The Labute approximate surface area is 159 Å². The van der Waals surface area contributed by atoms with Crippen molar-refractivity contribution in [2.45, 2.75) is 13.8 Å². The highest BCUT2D eigenvalue weighted by Gasteiger charge is 2.24. The molecule has 0 N–H and O–H groups in total. The van der Waals surface area contributed by atoms with E-state index in [1.807, 2.05) is 30.9 Å². The van der Waals surface area contributed by atoms with Gasteiger partial charge < -0.3 is 24.0 Å². The predicted molar refractivity (Wildman–Crippen MR) is 101 cm³/mol.